The standard InChI is InChI=1S/C15H17FN2/c1-10(2)11-4-3-5-14(6-11)18-15-8-12(16)7-13(17)9-15/h3-10,18H,17H2,1-2H3. The van der Waals surface area contributed by atoms with Crippen LogP contribution in [0, 0.1) is 5.82 Å². The number of halogens is 1. The van der Waals surface area contributed by atoms with Crippen LogP contribution in [-0.2, 0) is 0 Å². The lowest BCUT2D eigenvalue weighted by Crippen LogP contribution is -1.95. The molecule has 0 aliphatic carbocycles. The van der Waals surface area contributed by atoms with E-state index in [4.69, 9.17) is 5.73 Å². The summed E-state index contributed by atoms with van der Waals surface area (Å²) in [6, 6.07) is 12.5. The maximum absolute atomic E-state index is 13.2. The van der Waals surface area contributed by atoms with E-state index < -0.39 is 0 Å². The van der Waals surface area contributed by atoms with Crippen molar-refractivity contribution in [2.24, 2.45) is 0 Å². The van der Waals surface area contributed by atoms with Crippen molar-refractivity contribution in [2.75, 3.05) is 11.1 Å². The molecule has 2 aromatic rings. The summed E-state index contributed by atoms with van der Waals surface area (Å²) in [7, 11) is 0. The van der Waals surface area contributed by atoms with Crippen LogP contribution in [0.4, 0.5) is 21.5 Å². The van der Waals surface area contributed by atoms with Gasteiger partial charge in [-0.1, -0.05) is 26.0 Å². The van der Waals surface area contributed by atoms with Crippen molar-refractivity contribution in [3.05, 3.63) is 53.8 Å². The van der Waals surface area contributed by atoms with E-state index in [0.717, 1.165) is 5.69 Å². The van der Waals surface area contributed by atoms with Gasteiger partial charge in [-0.3, -0.25) is 0 Å². The normalized spacial score (nSPS) is 10.7. The molecule has 2 aromatic carbocycles. The molecule has 0 bridgehead atoms. The van der Waals surface area contributed by atoms with Crippen LogP contribution >= 0.6 is 0 Å². The number of benzene rings is 2. The Morgan fingerprint density at radius 3 is 2.50 bits per heavy atom. The first-order valence-electron chi connectivity index (χ1n) is 5.97. The van der Waals surface area contributed by atoms with E-state index in [2.05, 4.69) is 31.3 Å². The van der Waals surface area contributed by atoms with Gasteiger partial charge in [0, 0.05) is 17.1 Å². The fourth-order valence-corrected chi connectivity index (χ4v) is 1.83. The maximum atomic E-state index is 13.2. The van der Waals surface area contributed by atoms with Gasteiger partial charge in [-0.05, 0) is 41.8 Å². The lowest BCUT2D eigenvalue weighted by atomic mass is 10.0. The fourth-order valence-electron chi connectivity index (χ4n) is 1.83. The molecule has 0 saturated carbocycles. The summed E-state index contributed by atoms with van der Waals surface area (Å²) >= 11 is 0. The summed E-state index contributed by atoms with van der Waals surface area (Å²) < 4.78 is 13.2. The summed E-state index contributed by atoms with van der Waals surface area (Å²) in [4.78, 5) is 0. The Balaban J connectivity index is 2.25. The number of anilines is 3. The Morgan fingerprint density at radius 2 is 1.83 bits per heavy atom. The molecule has 2 nitrogen and oxygen atoms in total. The average Bonchev–Trinajstić information content (AvgIpc) is 2.27. The van der Waals surface area contributed by atoms with Gasteiger partial charge in [0.05, 0.1) is 0 Å². The van der Waals surface area contributed by atoms with E-state index in [1.807, 2.05) is 12.1 Å². The highest BCUT2D eigenvalue weighted by atomic mass is 19.1. The molecule has 3 N–H and O–H groups in total. The third-order valence-corrected chi connectivity index (χ3v) is 2.76. The highest BCUT2D eigenvalue weighted by Crippen LogP contribution is 2.23. The molecule has 3 heteroatoms. The quantitative estimate of drug-likeness (QED) is 0.791. The molecule has 0 aliphatic rings. The predicted molar refractivity (Wildman–Crippen MR) is 74.6 cm³/mol. The van der Waals surface area contributed by atoms with Gasteiger partial charge in [0.2, 0.25) is 0 Å². The van der Waals surface area contributed by atoms with Gasteiger partial charge >= 0.3 is 0 Å². The highest BCUT2D eigenvalue weighted by Gasteiger charge is 2.02. The predicted octanol–water partition coefficient (Wildman–Crippen LogP) is 4.27. The minimum absolute atomic E-state index is 0.336. The number of nitrogens with one attached hydrogen (secondary N) is 1. The topological polar surface area (TPSA) is 38.0 Å². The van der Waals surface area contributed by atoms with Gasteiger partial charge in [-0.25, -0.2) is 4.39 Å². The number of rotatable bonds is 3. The zero-order chi connectivity index (χ0) is 13.1. The molecule has 0 fully saturated rings. The van der Waals surface area contributed by atoms with E-state index in [9.17, 15) is 4.39 Å². The van der Waals surface area contributed by atoms with Crippen LogP contribution < -0.4 is 11.1 Å². The molecule has 94 valence electrons. The lowest BCUT2D eigenvalue weighted by molar-refractivity contribution is 0.629. The third-order valence-electron chi connectivity index (χ3n) is 2.76. The average molecular weight is 244 g/mol. The second kappa shape index (κ2) is 5.08. The van der Waals surface area contributed by atoms with Gasteiger partial charge in [-0.2, -0.15) is 0 Å². The molecule has 2 rings (SSSR count). The van der Waals surface area contributed by atoms with Gasteiger partial charge in [0.25, 0.3) is 0 Å². The van der Waals surface area contributed by atoms with E-state index in [1.54, 1.807) is 6.07 Å². The smallest absolute Gasteiger partial charge is 0.127 e. The van der Waals surface area contributed by atoms with Crippen molar-refractivity contribution in [1.82, 2.24) is 0 Å². The van der Waals surface area contributed by atoms with Gasteiger partial charge in [0.1, 0.15) is 5.82 Å². The Kier molecular flexibility index (Phi) is 3.51. The summed E-state index contributed by atoms with van der Waals surface area (Å²) in [5, 5.41) is 3.16. The largest absolute Gasteiger partial charge is 0.399 e. The van der Waals surface area contributed by atoms with Crippen molar-refractivity contribution in [3.63, 3.8) is 0 Å². The van der Waals surface area contributed by atoms with E-state index in [0.29, 0.717) is 17.3 Å². The zero-order valence-electron chi connectivity index (χ0n) is 10.6. The molecule has 0 heterocycles. The summed E-state index contributed by atoms with van der Waals surface area (Å²) in [6.45, 7) is 4.28. The Hall–Kier alpha value is -2.03. The molecule has 0 aliphatic heterocycles. The van der Waals surface area contributed by atoms with Crippen LogP contribution in [0.25, 0.3) is 0 Å². The monoisotopic (exact) mass is 244 g/mol. The minimum Gasteiger partial charge on any atom is -0.399 e. The van der Waals surface area contributed by atoms with E-state index in [-0.39, 0.29) is 5.82 Å². The summed E-state index contributed by atoms with van der Waals surface area (Å²) in [5.41, 5.74) is 8.86. The first-order chi connectivity index (χ1) is 8.54. The molecule has 0 amide bonds. The second-order valence-electron chi connectivity index (χ2n) is 4.68. The van der Waals surface area contributed by atoms with Crippen LogP contribution in [0.2, 0.25) is 0 Å². The number of hydrogen-bond acceptors (Lipinski definition) is 2. The van der Waals surface area contributed by atoms with Gasteiger partial charge < -0.3 is 11.1 Å². The third kappa shape index (κ3) is 3.00. The van der Waals surface area contributed by atoms with Crippen LogP contribution in [0.15, 0.2) is 42.5 Å². The van der Waals surface area contributed by atoms with Crippen molar-refractivity contribution in [2.45, 2.75) is 19.8 Å². The fraction of sp³-hybridized carbons (Fsp3) is 0.200. The first-order valence-corrected chi connectivity index (χ1v) is 5.97. The SMILES string of the molecule is CC(C)c1cccc(Nc2cc(N)cc(F)c2)c1. The first kappa shape index (κ1) is 12.4. The van der Waals surface area contributed by atoms with Crippen molar-refractivity contribution in [1.29, 1.82) is 0 Å². The number of nitrogens with two attached hydrogens (primary N) is 1. The Labute approximate surface area is 107 Å². The second-order valence-corrected chi connectivity index (χ2v) is 4.68. The molecular formula is C15H17FN2. The molecule has 0 radical (unpaired) electrons. The number of nitrogen functional groups attached to an aromatic ring is 1. The molecule has 0 atom stereocenters. The Morgan fingerprint density at radius 1 is 1.06 bits per heavy atom. The molecule has 0 unspecified atom stereocenters. The summed E-state index contributed by atoms with van der Waals surface area (Å²) in [6.07, 6.45) is 0. The Bertz CT molecular complexity index is 530. The van der Waals surface area contributed by atoms with E-state index >= 15 is 0 Å². The van der Waals surface area contributed by atoms with Crippen LogP contribution in [0.3, 0.4) is 0 Å². The molecule has 0 saturated heterocycles. The van der Waals surface area contributed by atoms with Crippen molar-refractivity contribution in [3.8, 4) is 0 Å². The van der Waals surface area contributed by atoms with Crippen LogP contribution in [0.5, 0.6) is 0 Å². The minimum atomic E-state index is -0.336. The maximum Gasteiger partial charge on any atom is 0.127 e. The lowest BCUT2D eigenvalue weighted by Gasteiger charge is -2.11. The highest BCUT2D eigenvalue weighted by molar-refractivity contribution is 5.64. The van der Waals surface area contributed by atoms with Gasteiger partial charge in [0.15, 0.2) is 0 Å². The molecule has 0 aromatic heterocycles. The van der Waals surface area contributed by atoms with Crippen molar-refractivity contribution >= 4 is 17.1 Å². The van der Waals surface area contributed by atoms with Crippen LogP contribution in [-0.4, -0.2) is 0 Å². The molecule has 18 heavy (non-hydrogen) atoms. The van der Waals surface area contributed by atoms with Crippen molar-refractivity contribution < 1.29 is 4.39 Å². The summed E-state index contributed by atoms with van der Waals surface area (Å²) in [5.74, 6) is 0.127. The van der Waals surface area contributed by atoms with Crippen LogP contribution in [0.1, 0.15) is 25.3 Å². The number of hydrogen-bond donors (Lipinski definition) is 2. The molecular weight excluding hydrogens is 227 g/mol. The zero-order valence-corrected chi connectivity index (χ0v) is 10.6. The van der Waals surface area contributed by atoms with Gasteiger partial charge in [-0.15, -0.1) is 0 Å². The molecule has 0 spiro atoms. The van der Waals surface area contributed by atoms with E-state index in [1.165, 1.54) is 17.7 Å².